The molecule has 0 saturated carbocycles. The average Bonchev–Trinajstić information content (AvgIpc) is 3.29. The highest BCUT2D eigenvalue weighted by Crippen LogP contribution is 2.29. The molecule has 152 valence electrons. The van der Waals surface area contributed by atoms with Crippen LogP contribution in [0.1, 0.15) is 56.0 Å². The van der Waals surface area contributed by atoms with Gasteiger partial charge in [-0.15, -0.1) is 11.3 Å². The standard InChI is InChI=1S/C22H26N4O2S/c1-4-16-5-6-17(23-9-16)11-26-8-7-18-20(13-29-21(18)12-26)22(27)24-10-19-14(2)25-28-15(19)3/h5-6,9,13H,4,7-8,10-12H2,1-3H3,(H,24,27). The van der Waals surface area contributed by atoms with Crippen molar-refractivity contribution in [2.24, 2.45) is 0 Å². The van der Waals surface area contributed by atoms with E-state index in [2.05, 4.69) is 39.4 Å². The van der Waals surface area contributed by atoms with Gasteiger partial charge in [-0.05, 0) is 43.9 Å². The molecule has 0 saturated heterocycles. The van der Waals surface area contributed by atoms with Crippen molar-refractivity contribution in [3.05, 3.63) is 68.0 Å². The molecule has 0 atom stereocenters. The van der Waals surface area contributed by atoms with Crippen molar-refractivity contribution in [2.45, 2.75) is 53.2 Å². The first kappa shape index (κ1) is 19.8. The lowest BCUT2D eigenvalue weighted by molar-refractivity contribution is 0.0949. The van der Waals surface area contributed by atoms with Gasteiger partial charge in [-0.3, -0.25) is 14.7 Å². The number of hydrogen-bond acceptors (Lipinski definition) is 6. The first-order valence-electron chi connectivity index (χ1n) is 10.0. The normalized spacial score (nSPS) is 14.0. The highest BCUT2D eigenvalue weighted by atomic mass is 32.1. The van der Waals surface area contributed by atoms with E-state index in [0.717, 1.165) is 60.8 Å². The Balaban J connectivity index is 1.39. The van der Waals surface area contributed by atoms with Crippen LogP contribution in [0.4, 0.5) is 0 Å². The zero-order chi connectivity index (χ0) is 20.4. The Morgan fingerprint density at radius 3 is 2.90 bits per heavy atom. The molecule has 0 unspecified atom stereocenters. The van der Waals surface area contributed by atoms with Crippen LogP contribution in [0.2, 0.25) is 0 Å². The van der Waals surface area contributed by atoms with E-state index >= 15 is 0 Å². The van der Waals surface area contributed by atoms with Crippen LogP contribution < -0.4 is 5.32 Å². The Kier molecular flexibility index (Phi) is 5.78. The molecule has 6 nitrogen and oxygen atoms in total. The number of carbonyl (C=O) groups is 1. The maximum atomic E-state index is 12.7. The molecular weight excluding hydrogens is 384 g/mol. The van der Waals surface area contributed by atoms with Crippen LogP contribution in [-0.4, -0.2) is 27.5 Å². The molecule has 0 fully saturated rings. The number of rotatable bonds is 6. The van der Waals surface area contributed by atoms with Crippen LogP contribution in [0.5, 0.6) is 0 Å². The van der Waals surface area contributed by atoms with Crippen molar-refractivity contribution in [1.29, 1.82) is 0 Å². The van der Waals surface area contributed by atoms with Crippen molar-refractivity contribution in [3.8, 4) is 0 Å². The van der Waals surface area contributed by atoms with Crippen molar-refractivity contribution >= 4 is 17.2 Å². The summed E-state index contributed by atoms with van der Waals surface area (Å²) in [7, 11) is 0. The quantitative estimate of drug-likeness (QED) is 0.669. The van der Waals surface area contributed by atoms with Gasteiger partial charge in [0.2, 0.25) is 0 Å². The molecule has 3 aromatic rings. The summed E-state index contributed by atoms with van der Waals surface area (Å²) in [6, 6.07) is 4.28. The SMILES string of the molecule is CCc1ccc(CN2CCc3c(C(=O)NCc4c(C)noc4C)csc3C2)nc1. The fourth-order valence-electron chi connectivity index (χ4n) is 3.71. The van der Waals surface area contributed by atoms with Gasteiger partial charge in [0, 0.05) is 48.2 Å². The van der Waals surface area contributed by atoms with Gasteiger partial charge in [0.25, 0.3) is 5.91 Å². The third-order valence-electron chi connectivity index (χ3n) is 5.56. The number of thiophene rings is 1. The molecule has 1 N–H and O–H groups in total. The molecule has 0 aromatic carbocycles. The summed E-state index contributed by atoms with van der Waals surface area (Å²) in [5.74, 6) is 0.735. The summed E-state index contributed by atoms with van der Waals surface area (Å²) < 4.78 is 5.17. The lowest BCUT2D eigenvalue weighted by Gasteiger charge is -2.27. The van der Waals surface area contributed by atoms with Gasteiger partial charge < -0.3 is 9.84 Å². The lowest BCUT2D eigenvalue weighted by Crippen LogP contribution is -2.31. The van der Waals surface area contributed by atoms with Crippen LogP contribution >= 0.6 is 11.3 Å². The molecular formula is C22H26N4O2S. The molecule has 1 amide bonds. The Labute approximate surface area is 174 Å². The van der Waals surface area contributed by atoms with Crippen LogP contribution in [-0.2, 0) is 32.5 Å². The number of hydrogen-bond donors (Lipinski definition) is 1. The molecule has 7 heteroatoms. The Hall–Kier alpha value is -2.51. The summed E-state index contributed by atoms with van der Waals surface area (Å²) in [4.78, 5) is 21.0. The highest BCUT2D eigenvalue weighted by Gasteiger charge is 2.24. The topological polar surface area (TPSA) is 71.3 Å². The molecule has 1 aliphatic rings. The lowest BCUT2D eigenvalue weighted by atomic mass is 10.0. The van der Waals surface area contributed by atoms with E-state index < -0.39 is 0 Å². The smallest absolute Gasteiger partial charge is 0.252 e. The van der Waals surface area contributed by atoms with Gasteiger partial charge in [-0.25, -0.2) is 0 Å². The van der Waals surface area contributed by atoms with Gasteiger partial charge in [-0.1, -0.05) is 18.1 Å². The minimum atomic E-state index is -0.0206. The largest absolute Gasteiger partial charge is 0.361 e. The van der Waals surface area contributed by atoms with E-state index in [0.29, 0.717) is 6.54 Å². The summed E-state index contributed by atoms with van der Waals surface area (Å²) in [5.41, 5.74) is 6.14. The number of amides is 1. The summed E-state index contributed by atoms with van der Waals surface area (Å²) >= 11 is 1.68. The van der Waals surface area contributed by atoms with Crippen molar-refractivity contribution in [1.82, 2.24) is 20.4 Å². The summed E-state index contributed by atoms with van der Waals surface area (Å²) in [6.45, 7) is 8.99. The minimum absolute atomic E-state index is 0.0206. The zero-order valence-corrected chi connectivity index (χ0v) is 17.9. The molecule has 0 radical (unpaired) electrons. The predicted molar refractivity (Wildman–Crippen MR) is 113 cm³/mol. The van der Waals surface area contributed by atoms with Crippen LogP contribution in [0.3, 0.4) is 0 Å². The maximum Gasteiger partial charge on any atom is 0.252 e. The fraction of sp³-hybridized carbons (Fsp3) is 0.409. The minimum Gasteiger partial charge on any atom is -0.361 e. The number of nitrogens with one attached hydrogen (secondary N) is 1. The summed E-state index contributed by atoms with van der Waals surface area (Å²) in [6.07, 6.45) is 3.87. The second-order valence-electron chi connectivity index (χ2n) is 7.51. The van der Waals surface area contributed by atoms with Gasteiger partial charge in [0.1, 0.15) is 5.76 Å². The zero-order valence-electron chi connectivity index (χ0n) is 17.1. The van der Waals surface area contributed by atoms with Crippen LogP contribution in [0.25, 0.3) is 0 Å². The van der Waals surface area contributed by atoms with Gasteiger partial charge in [0.05, 0.1) is 17.0 Å². The number of nitrogens with zero attached hydrogens (tertiary/aromatic N) is 3. The van der Waals surface area contributed by atoms with Gasteiger partial charge >= 0.3 is 0 Å². The molecule has 4 rings (SSSR count). The third-order valence-corrected chi connectivity index (χ3v) is 6.57. The molecule has 0 aliphatic carbocycles. The highest BCUT2D eigenvalue weighted by molar-refractivity contribution is 7.10. The van der Waals surface area contributed by atoms with Crippen molar-refractivity contribution in [3.63, 3.8) is 0 Å². The van der Waals surface area contributed by atoms with Crippen LogP contribution in [0, 0.1) is 13.8 Å². The average molecular weight is 411 g/mol. The van der Waals surface area contributed by atoms with Crippen LogP contribution in [0.15, 0.2) is 28.2 Å². The first-order valence-corrected chi connectivity index (χ1v) is 10.9. The Morgan fingerprint density at radius 1 is 1.34 bits per heavy atom. The fourth-order valence-corrected chi connectivity index (χ4v) is 4.83. The van der Waals surface area contributed by atoms with E-state index in [1.54, 1.807) is 11.3 Å². The molecule has 0 bridgehead atoms. The second-order valence-corrected chi connectivity index (χ2v) is 8.47. The Bertz CT molecular complexity index is 987. The maximum absolute atomic E-state index is 12.7. The van der Waals surface area contributed by atoms with Gasteiger partial charge in [0.15, 0.2) is 0 Å². The van der Waals surface area contributed by atoms with Gasteiger partial charge in [-0.2, -0.15) is 0 Å². The number of fused-ring (bicyclic) bond motifs is 1. The molecule has 3 aromatic heterocycles. The molecule has 29 heavy (non-hydrogen) atoms. The number of aryl methyl sites for hydroxylation is 3. The Morgan fingerprint density at radius 2 is 2.21 bits per heavy atom. The monoisotopic (exact) mass is 410 g/mol. The van der Waals surface area contributed by atoms with E-state index in [4.69, 9.17) is 4.52 Å². The molecule has 4 heterocycles. The predicted octanol–water partition coefficient (Wildman–Crippen LogP) is 3.80. The third kappa shape index (κ3) is 4.26. The number of carbonyl (C=O) groups excluding carboxylic acids is 1. The number of pyridine rings is 1. The molecule has 1 aliphatic heterocycles. The van der Waals surface area contributed by atoms with E-state index in [1.165, 1.54) is 16.0 Å². The van der Waals surface area contributed by atoms with E-state index in [1.807, 2.05) is 25.4 Å². The number of aromatic nitrogens is 2. The summed E-state index contributed by atoms with van der Waals surface area (Å²) in [5, 5.41) is 8.96. The molecule has 0 spiro atoms. The van der Waals surface area contributed by atoms with Crippen molar-refractivity contribution in [2.75, 3.05) is 6.54 Å². The van der Waals surface area contributed by atoms with E-state index in [-0.39, 0.29) is 5.91 Å². The second kappa shape index (κ2) is 8.47. The van der Waals surface area contributed by atoms with Crippen molar-refractivity contribution < 1.29 is 9.32 Å². The first-order chi connectivity index (χ1) is 14.0. The van der Waals surface area contributed by atoms with E-state index in [9.17, 15) is 4.79 Å².